The highest BCUT2D eigenvalue weighted by Crippen LogP contribution is 2.35. The number of nitrogens with zero attached hydrogens (tertiary/aromatic N) is 4. The number of rotatable bonds is 4. The molecule has 2 aromatic carbocycles. The molecule has 8 nitrogen and oxygen atoms in total. The maximum Gasteiger partial charge on any atom is 0.311 e. The van der Waals surface area contributed by atoms with Crippen LogP contribution in [0.1, 0.15) is 35.1 Å². The number of benzene rings is 2. The van der Waals surface area contributed by atoms with Gasteiger partial charge in [-0.1, -0.05) is 12.1 Å². The van der Waals surface area contributed by atoms with Gasteiger partial charge < -0.3 is 14.2 Å². The number of hydrogen-bond donors (Lipinski definition) is 0. The summed E-state index contributed by atoms with van der Waals surface area (Å²) >= 11 is 0. The van der Waals surface area contributed by atoms with Gasteiger partial charge in [0.25, 0.3) is 5.91 Å². The van der Waals surface area contributed by atoms with Gasteiger partial charge in [0, 0.05) is 25.2 Å². The first-order chi connectivity index (χ1) is 13.5. The van der Waals surface area contributed by atoms with Gasteiger partial charge in [0.05, 0.1) is 29.1 Å². The van der Waals surface area contributed by atoms with Gasteiger partial charge in [-0.25, -0.2) is 4.98 Å². The Bertz CT molecular complexity index is 1080. The highest BCUT2D eigenvalue weighted by molar-refractivity contribution is 5.95. The summed E-state index contributed by atoms with van der Waals surface area (Å²) in [6, 6.07) is 12.0. The fraction of sp³-hybridized carbons (Fsp3) is 0.300. The van der Waals surface area contributed by atoms with Crippen molar-refractivity contribution in [1.82, 2.24) is 14.5 Å². The molecule has 1 amide bonds. The summed E-state index contributed by atoms with van der Waals surface area (Å²) in [6.07, 6.45) is 1.67. The summed E-state index contributed by atoms with van der Waals surface area (Å²) in [4.78, 5) is 30.4. The molecule has 0 saturated carbocycles. The molecule has 1 aliphatic heterocycles. The molecule has 0 radical (unpaired) electrons. The predicted octanol–water partition coefficient (Wildman–Crippen LogP) is 3.47. The Morgan fingerprint density at radius 3 is 2.79 bits per heavy atom. The van der Waals surface area contributed by atoms with E-state index in [0.29, 0.717) is 6.54 Å². The third-order valence-corrected chi connectivity index (χ3v) is 5.26. The van der Waals surface area contributed by atoms with Crippen molar-refractivity contribution in [2.45, 2.75) is 18.9 Å². The molecule has 8 heteroatoms. The Kier molecular flexibility index (Phi) is 4.46. The minimum absolute atomic E-state index is 0.134. The maximum absolute atomic E-state index is 13.2. The molecule has 144 valence electrons. The van der Waals surface area contributed by atoms with Crippen LogP contribution in [0.25, 0.3) is 11.0 Å². The number of methoxy groups -OCH3 is 1. The summed E-state index contributed by atoms with van der Waals surface area (Å²) < 4.78 is 7.04. The average Bonchev–Trinajstić information content (AvgIpc) is 3.31. The van der Waals surface area contributed by atoms with Gasteiger partial charge in [-0.05, 0) is 37.1 Å². The monoisotopic (exact) mass is 380 g/mol. The fourth-order valence-corrected chi connectivity index (χ4v) is 3.87. The summed E-state index contributed by atoms with van der Waals surface area (Å²) in [6.45, 7) is 0.590. The molecule has 28 heavy (non-hydrogen) atoms. The molecule has 1 fully saturated rings. The van der Waals surface area contributed by atoms with Crippen LogP contribution < -0.4 is 4.74 Å². The van der Waals surface area contributed by atoms with Crippen LogP contribution in [0.2, 0.25) is 0 Å². The van der Waals surface area contributed by atoms with Crippen LogP contribution in [0, 0.1) is 10.1 Å². The molecule has 3 aromatic rings. The first-order valence-corrected chi connectivity index (χ1v) is 9.06. The van der Waals surface area contributed by atoms with E-state index in [4.69, 9.17) is 9.72 Å². The normalized spacial score (nSPS) is 16.5. The number of nitro groups is 1. The van der Waals surface area contributed by atoms with Crippen molar-refractivity contribution in [3.63, 3.8) is 0 Å². The molecule has 1 aromatic heterocycles. The number of fused-ring (bicyclic) bond motifs is 1. The molecule has 4 rings (SSSR count). The SMILES string of the molecule is COc1ccc(C(=O)N2CCCC2c2nc3ccccc3n2C)cc1[N+](=O)[O-]. The van der Waals surface area contributed by atoms with E-state index in [1.54, 1.807) is 11.0 Å². The van der Waals surface area contributed by atoms with E-state index in [-0.39, 0.29) is 28.9 Å². The van der Waals surface area contributed by atoms with Crippen molar-refractivity contribution in [3.05, 3.63) is 64.0 Å². The van der Waals surface area contributed by atoms with Gasteiger partial charge in [-0.2, -0.15) is 0 Å². The van der Waals surface area contributed by atoms with Crippen LogP contribution in [0.4, 0.5) is 5.69 Å². The van der Waals surface area contributed by atoms with E-state index in [1.165, 1.54) is 19.2 Å². The first kappa shape index (κ1) is 18.0. The Hall–Kier alpha value is -3.42. The Labute approximate surface area is 161 Å². The minimum Gasteiger partial charge on any atom is -0.490 e. The zero-order valence-corrected chi connectivity index (χ0v) is 15.7. The van der Waals surface area contributed by atoms with Gasteiger partial charge in [0.2, 0.25) is 0 Å². The number of carbonyl (C=O) groups excluding carboxylic acids is 1. The topological polar surface area (TPSA) is 90.5 Å². The smallest absolute Gasteiger partial charge is 0.311 e. The van der Waals surface area contributed by atoms with E-state index in [0.717, 1.165) is 29.7 Å². The highest BCUT2D eigenvalue weighted by atomic mass is 16.6. The summed E-state index contributed by atoms with van der Waals surface area (Å²) in [5.41, 5.74) is 1.96. The predicted molar refractivity (Wildman–Crippen MR) is 103 cm³/mol. The second-order valence-electron chi connectivity index (χ2n) is 6.82. The van der Waals surface area contributed by atoms with Crippen molar-refractivity contribution in [2.75, 3.05) is 13.7 Å². The second kappa shape index (κ2) is 6.95. The van der Waals surface area contributed by atoms with Gasteiger partial charge in [0.15, 0.2) is 5.75 Å². The third kappa shape index (κ3) is 2.87. The number of aryl methyl sites for hydroxylation is 1. The zero-order valence-electron chi connectivity index (χ0n) is 15.7. The molecule has 1 aliphatic rings. The lowest BCUT2D eigenvalue weighted by atomic mass is 10.1. The molecule has 0 bridgehead atoms. The number of likely N-dealkylation sites (tertiary alicyclic amines) is 1. The van der Waals surface area contributed by atoms with Crippen LogP contribution in [0.5, 0.6) is 5.75 Å². The number of ether oxygens (including phenoxy) is 1. The first-order valence-electron chi connectivity index (χ1n) is 9.06. The Balaban J connectivity index is 1.70. The number of amides is 1. The molecule has 2 heterocycles. The number of aromatic nitrogens is 2. The van der Waals surface area contributed by atoms with Gasteiger partial charge in [0.1, 0.15) is 5.82 Å². The Morgan fingerprint density at radius 1 is 1.29 bits per heavy atom. The van der Waals surface area contributed by atoms with Crippen LogP contribution in [-0.2, 0) is 7.05 Å². The summed E-state index contributed by atoms with van der Waals surface area (Å²) in [5.74, 6) is 0.727. The van der Waals surface area contributed by atoms with Crippen LogP contribution in [-0.4, -0.2) is 38.9 Å². The molecular formula is C20H20N4O4. The van der Waals surface area contributed by atoms with Crippen LogP contribution in [0.3, 0.4) is 0 Å². The number of nitro benzene ring substituents is 1. The quantitative estimate of drug-likeness (QED) is 0.511. The molecule has 1 saturated heterocycles. The zero-order chi connectivity index (χ0) is 19.8. The van der Waals surface area contributed by atoms with E-state index >= 15 is 0 Å². The van der Waals surface area contributed by atoms with Crippen LogP contribution in [0.15, 0.2) is 42.5 Å². The van der Waals surface area contributed by atoms with Crippen molar-refractivity contribution >= 4 is 22.6 Å². The third-order valence-electron chi connectivity index (χ3n) is 5.26. The van der Waals surface area contributed by atoms with Gasteiger partial charge >= 0.3 is 5.69 Å². The molecule has 1 unspecified atom stereocenters. The molecular weight excluding hydrogens is 360 g/mol. The summed E-state index contributed by atoms with van der Waals surface area (Å²) in [7, 11) is 3.32. The highest BCUT2D eigenvalue weighted by Gasteiger charge is 2.34. The molecule has 1 atom stereocenters. The van der Waals surface area contributed by atoms with Gasteiger partial charge in [-0.3, -0.25) is 14.9 Å². The van der Waals surface area contributed by atoms with E-state index < -0.39 is 4.92 Å². The lowest BCUT2D eigenvalue weighted by Crippen LogP contribution is -2.31. The molecule has 0 N–H and O–H groups in total. The largest absolute Gasteiger partial charge is 0.490 e. The van der Waals surface area contributed by atoms with Crippen molar-refractivity contribution in [1.29, 1.82) is 0 Å². The van der Waals surface area contributed by atoms with E-state index in [1.807, 2.05) is 35.9 Å². The van der Waals surface area contributed by atoms with Crippen LogP contribution >= 0.6 is 0 Å². The van der Waals surface area contributed by atoms with Crippen molar-refractivity contribution in [3.8, 4) is 5.75 Å². The van der Waals surface area contributed by atoms with Gasteiger partial charge in [-0.15, -0.1) is 0 Å². The van der Waals surface area contributed by atoms with E-state index in [9.17, 15) is 14.9 Å². The lowest BCUT2D eigenvalue weighted by Gasteiger charge is -2.24. The standard InChI is InChI=1S/C20H20N4O4/c1-22-15-7-4-3-6-14(15)21-19(22)16-8-5-11-23(16)20(25)13-9-10-18(28-2)17(12-13)24(26)27/h3-4,6-7,9-10,12,16H,5,8,11H2,1-2H3. The van der Waals surface area contributed by atoms with Crippen molar-refractivity contribution in [2.24, 2.45) is 7.05 Å². The molecule has 0 aliphatic carbocycles. The lowest BCUT2D eigenvalue weighted by molar-refractivity contribution is -0.385. The number of carbonyl (C=O) groups is 1. The number of hydrogen-bond acceptors (Lipinski definition) is 5. The average molecular weight is 380 g/mol. The second-order valence-corrected chi connectivity index (χ2v) is 6.82. The molecule has 0 spiro atoms. The Morgan fingerprint density at radius 2 is 2.07 bits per heavy atom. The number of para-hydroxylation sites is 2. The maximum atomic E-state index is 13.2. The van der Waals surface area contributed by atoms with E-state index in [2.05, 4.69) is 0 Å². The minimum atomic E-state index is -0.539. The summed E-state index contributed by atoms with van der Waals surface area (Å²) in [5, 5.41) is 11.3. The fourth-order valence-electron chi connectivity index (χ4n) is 3.87. The van der Waals surface area contributed by atoms with Crippen molar-refractivity contribution < 1.29 is 14.5 Å². The number of imidazole rings is 1.